The number of rotatable bonds is 2. The first-order valence-corrected chi connectivity index (χ1v) is 5.24. The van der Waals surface area contributed by atoms with E-state index < -0.39 is 11.8 Å². The highest BCUT2D eigenvalue weighted by Crippen LogP contribution is 2.00. The normalized spacial score (nSPS) is 9.75. The number of carbonyl (C=O) groups is 2. The molecule has 2 aromatic heterocycles. The maximum absolute atomic E-state index is 11.4. The number of hydrogen-bond donors (Lipinski definition) is 2. The van der Waals surface area contributed by atoms with Gasteiger partial charge in [0.2, 0.25) is 0 Å². The lowest BCUT2D eigenvalue weighted by molar-refractivity contribution is 0.0829. The van der Waals surface area contributed by atoms with Crippen LogP contribution in [-0.4, -0.2) is 16.8 Å². The monoisotopic (exact) mass is 237 g/mol. The van der Waals surface area contributed by atoms with Gasteiger partial charge >= 0.3 is 5.91 Å². The van der Waals surface area contributed by atoms with Crippen molar-refractivity contribution < 1.29 is 14.0 Å². The molecule has 0 saturated carbocycles. The maximum atomic E-state index is 11.4. The van der Waals surface area contributed by atoms with Crippen molar-refractivity contribution in [2.75, 3.05) is 0 Å². The number of amides is 2. The van der Waals surface area contributed by atoms with Crippen LogP contribution in [0.2, 0.25) is 0 Å². The first-order chi connectivity index (χ1) is 7.77. The number of nitrogens with zero attached hydrogens (tertiary/aromatic N) is 1. The summed E-state index contributed by atoms with van der Waals surface area (Å²) in [5.41, 5.74) is 6.21. The molecule has 2 heterocycles. The van der Waals surface area contributed by atoms with Gasteiger partial charge in [-0.1, -0.05) is 0 Å². The van der Waals surface area contributed by atoms with E-state index in [1.54, 1.807) is 11.4 Å². The van der Waals surface area contributed by atoms with Crippen molar-refractivity contribution in [2.24, 2.45) is 0 Å². The van der Waals surface area contributed by atoms with Crippen molar-refractivity contribution in [1.82, 2.24) is 15.8 Å². The summed E-state index contributed by atoms with van der Waals surface area (Å²) < 4.78 is 4.84. The molecule has 82 valence electrons. The van der Waals surface area contributed by atoms with E-state index in [1.807, 2.05) is 0 Å². The minimum absolute atomic E-state index is 0.124. The van der Waals surface area contributed by atoms with Gasteiger partial charge in [-0.15, -0.1) is 11.3 Å². The average molecular weight is 237 g/mol. The summed E-state index contributed by atoms with van der Waals surface area (Å²) in [4.78, 5) is 26.5. The molecule has 0 bridgehead atoms. The largest absolute Gasteiger partial charge is 0.459 e. The number of hydrazine groups is 1. The molecule has 6 nitrogen and oxygen atoms in total. The van der Waals surface area contributed by atoms with Gasteiger partial charge in [0.25, 0.3) is 5.91 Å². The van der Waals surface area contributed by atoms with Crippen LogP contribution >= 0.6 is 11.3 Å². The first-order valence-electron chi connectivity index (χ1n) is 4.30. The van der Waals surface area contributed by atoms with Crippen molar-refractivity contribution >= 4 is 23.2 Å². The van der Waals surface area contributed by atoms with Crippen LogP contribution < -0.4 is 10.9 Å². The number of hydrogen-bond acceptors (Lipinski definition) is 5. The summed E-state index contributed by atoms with van der Waals surface area (Å²) in [6.07, 6.45) is 1.37. The van der Waals surface area contributed by atoms with Gasteiger partial charge < -0.3 is 4.42 Å². The zero-order valence-electron chi connectivity index (χ0n) is 7.97. The molecular weight excluding hydrogens is 230 g/mol. The van der Waals surface area contributed by atoms with Crippen LogP contribution in [0.4, 0.5) is 0 Å². The zero-order chi connectivity index (χ0) is 11.4. The standard InChI is InChI=1S/C9H7N3O3S/c13-8(6-4-16-5-10-6)11-12-9(14)7-2-1-3-15-7/h1-5H,(H,11,13)(H,12,14). The molecule has 2 amide bonds. The van der Waals surface area contributed by atoms with Crippen molar-refractivity contribution in [3.05, 3.63) is 40.7 Å². The number of thiazole rings is 1. The molecule has 2 aromatic rings. The Labute approximate surface area is 94.3 Å². The maximum Gasteiger partial charge on any atom is 0.305 e. The summed E-state index contributed by atoms with van der Waals surface area (Å²) in [7, 11) is 0. The van der Waals surface area contributed by atoms with E-state index in [2.05, 4.69) is 15.8 Å². The Kier molecular flexibility index (Phi) is 2.97. The Morgan fingerprint density at radius 1 is 1.31 bits per heavy atom. The second kappa shape index (κ2) is 4.58. The predicted octanol–water partition coefficient (Wildman–Crippen LogP) is 0.811. The van der Waals surface area contributed by atoms with Gasteiger partial charge in [0.1, 0.15) is 5.69 Å². The van der Waals surface area contributed by atoms with Gasteiger partial charge in [-0.25, -0.2) is 4.98 Å². The van der Waals surface area contributed by atoms with Crippen LogP contribution in [-0.2, 0) is 0 Å². The third-order valence-electron chi connectivity index (χ3n) is 1.70. The molecule has 0 aliphatic rings. The molecule has 0 atom stereocenters. The minimum Gasteiger partial charge on any atom is -0.459 e. The first kappa shape index (κ1) is 10.4. The molecule has 0 spiro atoms. The molecule has 2 rings (SSSR count). The molecule has 16 heavy (non-hydrogen) atoms. The predicted molar refractivity (Wildman–Crippen MR) is 55.8 cm³/mol. The number of aromatic nitrogens is 1. The molecule has 0 saturated heterocycles. The molecule has 7 heteroatoms. The van der Waals surface area contributed by atoms with Gasteiger partial charge in [0, 0.05) is 5.38 Å². The zero-order valence-corrected chi connectivity index (χ0v) is 8.78. The smallest absolute Gasteiger partial charge is 0.305 e. The van der Waals surface area contributed by atoms with Crippen LogP contribution in [0, 0.1) is 0 Å². The SMILES string of the molecule is O=C(NNC(=O)c1ccco1)c1cscn1. The van der Waals surface area contributed by atoms with Gasteiger partial charge in [-0.2, -0.15) is 0 Å². The highest BCUT2D eigenvalue weighted by atomic mass is 32.1. The summed E-state index contributed by atoms with van der Waals surface area (Å²) >= 11 is 1.30. The fourth-order valence-electron chi connectivity index (χ4n) is 0.972. The van der Waals surface area contributed by atoms with E-state index >= 15 is 0 Å². The Balaban J connectivity index is 1.89. The summed E-state index contributed by atoms with van der Waals surface area (Å²) in [6, 6.07) is 3.07. The van der Waals surface area contributed by atoms with Gasteiger partial charge in [-0.3, -0.25) is 20.4 Å². The Bertz CT molecular complexity index is 432. The number of furan rings is 1. The number of carbonyl (C=O) groups excluding carboxylic acids is 2. The van der Waals surface area contributed by atoms with Crippen LogP contribution in [0.3, 0.4) is 0 Å². The van der Waals surface area contributed by atoms with Gasteiger partial charge in [0.05, 0.1) is 11.8 Å². The Morgan fingerprint density at radius 3 is 2.75 bits per heavy atom. The third kappa shape index (κ3) is 2.26. The highest BCUT2D eigenvalue weighted by Gasteiger charge is 2.11. The second-order valence-corrected chi connectivity index (χ2v) is 3.48. The molecule has 2 N–H and O–H groups in total. The molecule has 0 unspecified atom stereocenters. The lowest BCUT2D eigenvalue weighted by atomic mass is 10.4. The molecule has 0 fully saturated rings. The minimum atomic E-state index is -0.520. The van der Waals surface area contributed by atoms with E-state index in [0.29, 0.717) is 0 Å². The van der Waals surface area contributed by atoms with Crippen molar-refractivity contribution in [1.29, 1.82) is 0 Å². The topological polar surface area (TPSA) is 84.2 Å². The lowest BCUT2D eigenvalue weighted by Gasteiger charge is -2.03. The molecule has 0 aromatic carbocycles. The van der Waals surface area contributed by atoms with E-state index in [-0.39, 0.29) is 11.5 Å². The Morgan fingerprint density at radius 2 is 2.12 bits per heavy atom. The quantitative estimate of drug-likeness (QED) is 0.757. The summed E-state index contributed by atoms with van der Waals surface area (Å²) in [5, 5.41) is 1.58. The molecular formula is C9H7N3O3S. The van der Waals surface area contributed by atoms with Gasteiger partial charge in [-0.05, 0) is 12.1 Å². The molecule has 0 radical (unpaired) electrons. The summed E-state index contributed by atoms with van der Waals surface area (Å²) in [5.74, 6) is -0.867. The molecule has 0 aliphatic heterocycles. The third-order valence-corrected chi connectivity index (χ3v) is 2.29. The second-order valence-electron chi connectivity index (χ2n) is 2.76. The van der Waals surface area contributed by atoms with Crippen LogP contribution in [0.1, 0.15) is 21.0 Å². The van der Waals surface area contributed by atoms with Crippen molar-refractivity contribution in [3.8, 4) is 0 Å². The number of nitrogens with one attached hydrogen (secondary N) is 2. The van der Waals surface area contributed by atoms with Crippen LogP contribution in [0.5, 0.6) is 0 Å². The highest BCUT2D eigenvalue weighted by molar-refractivity contribution is 7.07. The van der Waals surface area contributed by atoms with E-state index in [1.165, 1.54) is 29.2 Å². The van der Waals surface area contributed by atoms with E-state index in [4.69, 9.17) is 4.42 Å². The average Bonchev–Trinajstić information content (AvgIpc) is 2.95. The lowest BCUT2D eigenvalue weighted by Crippen LogP contribution is -2.41. The fourth-order valence-corrected chi connectivity index (χ4v) is 1.50. The van der Waals surface area contributed by atoms with Gasteiger partial charge in [0.15, 0.2) is 5.76 Å². The Hall–Kier alpha value is -2.15. The van der Waals surface area contributed by atoms with Crippen LogP contribution in [0.25, 0.3) is 0 Å². The van der Waals surface area contributed by atoms with Crippen molar-refractivity contribution in [2.45, 2.75) is 0 Å². The van der Waals surface area contributed by atoms with E-state index in [9.17, 15) is 9.59 Å². The molecule has 0 aliphatic carbocycles. The summed E-state index contributed by atoms with van der Waals surface area (Å²) in [6.45, 7) is 0. The van der Waals surface area contributed by atoms with E-state index in [0.717, 1.165) is 0 Å². The van der Waals surface area contributed by atoms with Crippen LogP contribution in [0.15, 0.2) is 33.7 Å². The fraction of sp³-hybridized carbons (Fsp3) is 0. The van der Waals surface area contributed by atoms with Crippen molar-refractivity contribution in [3.63, 3.8) is 0 Å².